The van der Waals surface area contributed by atoms with E-state index in [-0.39, 0.29) is 0 Å². The molecular weight excluding hydrogens is 304 g/mol. The van der Waals surface area contributed by atoms with E-state index in [2.05, 4.69) is 9.97 Å². The van der Waals surface area contributed by atoms with Crippen LogP contribution in [0.4, 0.5) is 0 Å². The van der Waals surface area contributed by atoms with Gasteiger partial charge in [-0.3, -0.25) is 4.98 Å². The predicted octanol–water partition coefficient (Wildman–Crippen LogP) is 5.45. The van der Waals surface area contributed by atoms with Gasteiger partial charge in [0.2, 0.25) is 0 Å². The van der Waals surface area contributed by atoms with Crippen molar-refractivity contribution in [3.05, 3.63) is 65.4 Å². The summed E-state index contributed by atoms with van der Waals surface area (Å²) in [5.74, 6) is 0.859. The molecule has 0 N–H and O–H groups in total. The molecule has 118 valence electrons. The van der Waals surface area contributed by atoms with Crippen LogP contribution in [0.2, 0.25) is 0 Å². The van der Waals surface area contributed by atoms with Crippen molar-refractivity contribution < 1.29 is 4.74 Å². The highest BCUT2D eigenvalue weighted by Gasteiger charge is 2.02. The van der Waals surface area contributed by atoms with Crippen LogP contribution in [0.1, 0.15) is 24.4 Å². The Morgan fingerprint density at radius 2 is 1.91 bits per heavy atom. The summed E-state index contributed by atoms with van der Waals surface area (Å²) in [4.78, 5) is 8.63. The number of rotatable bonds is 4. The summed E-state index contributed by atoms with van der Waals surface area (Å²) in [6.45, 7) is 4.00. The highest BCUT2D eigenvalue weighted by molar-refractivity contribution is 7.19. The lowest BCUT2D eigenvalue weighted by Gasteiger charge is -1.96. The summed E-state index contributed by atoms with van der Waals surface area (Å²) in [5.41, 5.74) is 2.08. The number of hydrogen-bond acceptors (Lipinski definition) is 4. The van der Waals surface area contributed by atoms with Crippen LogP contribution >= 0.6 is 11.3 Å². The normalized spacial score (nSPS) is 10.9. The van der Waals surface area contributed by atoms with Gasteiger partial charge < -0.3 is 4.74 Å². The number of ether oxygens (including phenoxy) is 1. The minimum atomic E-state index is 0.859. The molecule has 1 aromatic carbocycles. The lowest BCUT2D eigenvalue weighted by Crippen LogP contribution is -1.80. The second kappa shape index (κ2) is 8.86. The van der Waals surface area contributed by atoms with Crippen molar-refractivity contribution in [3.8, 4) is 5.75 Å². The maximum atomic E-state index is 5.22. The Morgan fingerprint density at radius 3 is 2.65 bits per heavy atom. The smallest absolute Gasteiger partial charge is 0.120 e. The Balaban J connectivity index is 0.000000924. The van der Waals surface area contributed by atoms with Crippen molar-refractivity contribution in [2.24, 2.45) is 0 Å². The first kappa shape index (κ1) is 16.9. The highest BCUT2D eigenvalue weighted by Crippen LogP contribution is 2.26. The van der Waals surface area contributed by atoms with Crippen molar-refractivity contribution in [2.45, 2.75) is 13.8 Å². The Labute approximate surface area is 141 Å². The fraction of sp³-hybridized carbons (Fsp3) is 0.158. The maximum absolute atomic E-state index is 5.22. The van der Waals surface area contributed by atoms with Crippen molar-refractivity contribution in [3.63, 3.8) is 0 Å². The molecule has 0 radical (unpaired) electrons. The molecule has 0 amide bonds. The highest BCUT2D eigenvalue weighted by atomic mass is 32.1. The zero-order chi connectivity index (χ0) is 16.5. The van der Waals surface area contributed by atoms with E-state index in [9.17, 15) is 0 Å². The van der Waals surface area contributed by atoms with E-state index in [1.807, 2.05) is 74.7 Å². The van der Waals surface area contributed by atoms with Gasteiger partial charge in [0.05, 0.1) is 17.3 Å². The average Bonchev–Trinajstić information content (AvgIpc) is 3.03. The molecule has 3 aromatic rings. The van der Waals surface area contributed by atoms with E-state index >= 15 is 0 Å². The minimum Gasteiger partial charge on any atom is -0.497 e. The number of thiazole rings is 1. The number of fused-ring (bicyclic) bond motifs is 1. The van der Waals surface area contributed by atoms with E-state index in [0.29, 0.717) is 0 Å². The van der Waals surface area contributed by atoms with Crippen molar-refractivity contribution in [1.82, 2.24) is 9.97 Å². The van der Waals surface area contributed by atoms with E-state index in [1.54, 1.807) is 24.6 Å². The Kier molecular flexibility index (Phi) is 6.51. The predicted molar refractivity (Wildman–Crippen MR) is 99.8 cm³/mol. The van der Waals surface area contributed by atoms with Crippen molar-refractivity contribution in [1.29, 1.82) is 0 Å². The first-order valence-electron chi connectivity index (χ1n) is 7.54. The van der Waals surface area contributed by atoms with Crippen LogP contribution in [0.5, 0.6) is 5.75 Å². The van der Waals surface area contributed by atoms with Gasteiger partial charge in [0.25, 0.3) is 0 Å². The summed E-state index contributed by atoms with van der Waals surface area (Å²) >= 11 is 1.65. The Bertz CT molecular complexity index is 791. The summed E-state index contributed by atoms with van der Waals surface area (Å²) in [6, 6.07) is 9.85. The van der Waals surface area contributed by atoms with Crippen LogP contribution in [-0.4, -0.2) is 17.1 Å². The van der Waals surface area contributed by atoms with E-state index in [1.165, 1.54) is 0 Å². The molecule has 0 aliphatic heterocycles. The number of hydrogen-bond donors (Lipinski definition) is 0. The molecule has 2 heterocycles. The molecular formula is C19H20N2OS. The van der Waals surface area contributed by atoms with Gasteiger partial charge in [-0.2, -0.15) is 0 Å². The molecule has 0 aliphatic carbocycles. The molecule has 0 unspecified atom stereocenters. The third kappa shape index (κ3) is 4.76. The van der Waals surface area contributed by atoms with Crippen LogP contribution in [0.25, 0.3) is 22.4 Å². The Morgan fingerprint density at radius 1 is 1.09 bits per heavy atom. The van der Waals surface area contributed by atoms with Crippen LogP contribution in [-0.2, 0) is 0 Å². The monoisotopic (exact) mass is 324 g/mol. The largest absolute Gasteiger partial charge is 0.497 e. The number of methoxy groups -OCH3 is 1. The zero-order valence-electron chi connectivity index (χ0n) is 13.6. The third-order valence-electron chi connectivity index (χ3n) is 2.94. The fourth-order valence-electron chi connectivity index (χ4n) is 1.90. The van der Waals surface area contributed by atoms with Crippen LogP contribution < -0.4 is 4.74 Å². The zero-order valence-corrected chi connectivity index (χ0v) is 14.4. The molecule has 0 saturated carbocycles. The molecule has 0 bridgehead atoms. The summed E-state index contributed by atoms with van der Waals surface area (Å²) in [5, 5.41) is 0.981. The van der Waals surface area contributed by atoms with Gasteiger partial charge in [-0.15, -0.1) is 11.3 Å². The first-order valence-corrected chi connectivity index (χ1v) is 8.36. The molecule has 23 heavy (non-hydrogen) atoms. The van der Waals surface area contributed by atoms with Crippen LogP contribution in [0, 0.1) is 0 Å². The van der Waals surface area contributed by atoms with E-state index < -0.39 is 0 Å². The van der Waals surface area contributed by atoms with Gasteiger partial charge in [0, 0.05) is 12.4 Å². The lowest BCUT2D eigenvalue weighted by atomic mass is 10.2. The summed E-state index contributed by atoms with van der Waals surface area (Å²) < 4.78 is 6.35. The number of allylic oxidation sites excluding steroid dienone is 2. The van der Waals surface area contributed by atoms with Crippen molar-refractivity contribution in [2.75, 3.05) is 7.11 Å². The number of pyridine rings is 1. The van der Waals surface area contributed by atoms with Gasteiger partial charge in [-0.1, -0.05) is 38.1 Å². The number of nitrogens with zero attached hydrogens (tertiary/aromatic N) is 2. The SMILES string of the molecule is CC.COc1ccc2nc(/C=C/C=C/c3cccnc3)sc2c1. The van der Waals surface area contributed by atoms with Gasteiger partial charge in [-0.05, 0) is 35.9 Å². The van der Waals surface area contributed by atoms with Gasteiger partial charge in [0.1, 0.15) is 10.8 Å². The van der Waals surface area contributed by atoms with Crippen LogP contribution in [0.15, 0.2) is 54.9 Å². The molecule has 0 saturated heterocycles. The third-order valence-corrected chi connectivity index (χ3v) is 3.92. The molecule has 3 nitrogen and oxygen atoms in total. The van der Waals surface area contributed by atoms with E-state index in [0.717, 1.165) is 26.5 Å². The number of aromatic nitrogens is 2. The molecule has 2 aromatic heterocycles. The first-order chi connectivity index (χ1) is 11.3. The van der Waals surface area contributed by atoms with Gasteiger partial charge >= 0.3 is 0 Å². The lowest BCUT2D eigenvalue weighted by molar-refractivity contribution is 0.415. The second-order valence-corrected chi connectivity index (χ2v) is 5.45. The fourth-order valence-corrected chi connectivity index (χ4v) is 2.81. The number of benzene rings is 1. The summed E-state index contributed by atoms with van der Waals surface area (Å²) in [7, 11) is 1.67. The summed E-state index contributed by atoms with van der Waals surface area (Å²) in [6.07, 6.45) is 11.6. The molecule has 0 fully saturated rings. The topological polar surface area (TPSA) is 35.0 Å². The van der Waals surface area contributed by atoms with Crippen molar-refractivity contribution >= 4 is 33.7 Å². The molecule has 0 atom stereocenters. The molecule has 0 aliphatic rings. The minimum absolute atomic E-state index is 0.859. The molecule has 4 heteroatoms. The second-order valence-electron chi connectivity index (χ2n) is 4.39. The molecule has 3 rings (SSSR count). The van der Waals surface area contributed by atoms with Gasteiger partial charge in [0.15, 0.2) is 0 Å². The quantitative estimate of drug-likeness (QED) is 0.598. The Hall–Kier alpha value is -2.46. The average molecular weight is 324 g/mol. The standard InChI is InChI=1S/C17H14N2OS.C2H6/c1-20-14-8-9-15-16(11-14)21-17(19-15)7-3-2-5-13-6-4-10-18-12-13;1-2/h2-12H,1H3;1-2H3/b5-2+,7-3+;. The maximum Gasteiger partial charge on any atom is 0.120 e. The van der Waals surface area contributed by atoms with Gasteiger partial charge in [-0.25, -0.2) is 4.98 Å². The van der Waals surface area contributed by atoms with E-state index in [4.69, 9.17) is 4.74 Å². The molecule has 0 spiro atoms. The van der Waals surface area contributed by atoms with Crippen LogP contribution in [0.3, 0.4) is 0 Å².